The topological polar surface area (TPSA) is 45.8 Å². The van der Waals surface area contributed by atoms with Crippen LogP contribution in [0.5, 0.6) is 0 Å². The fourth-order valence-corrected chi connectivity index (χ4v) is 1.62. The van der Waals surface area contributed by atoms with E-state index in [4.69, 9.17) is 0 Å². The second-order valence-corrected chi connectivity index (χ2v) is 3.58. The van der Waals surface area contributed by atoms with Crippen molar-refractivity contribution in [2.75, 3.05) is 0 Å². The van der Waals surface area contributed by atoms with Gasteiger partial charge in [-0.25, -0.2) is 0 Å². The molecule has 0 radical (unpaired) electrons. The summed E-state index contributed by atoms with van der Waals surface area (Å²) in [5.74, 6) is 0. The Balaban J connectivity index is 2.57. The molecule has 70 valence electrons. The SMILES string of the molecule is O=Cc1c(-c2ccccc2)n[nH]c1Br. The van der Waals surface area contributed by atoms with Crippen LogP contribution < -0.4 is 0 Å². The number of nitrogens with zero attached hydrogens (tertiary/aromatic N) is 1. The van der Waals surface area contributed by atoms with Crippen molar-refractivity contribution >= 4 is 22.2 Å². The molecule has 0 fully saturated rings. The molecule has 14 heavy (non-hydrogen) atoms. The number of halogens is 1. The summed E-state index contributed by atoms with van der Waals surface area (Å²) in [6.07, 6.45) is 0.788. The van der Waals surface area contributed by atoms with Crippen LogP contribution in [0.2, 0.25) is 0 Å². The zero-order chi connectivity index (χ0) is 9.97. The van der Waals surface area contributed by atoms with Crippen LogP contribution in [0.15, 0.2) is 34.9 Å². The van der Waals surface area contributed by atoms with E-state index in [1.54, 1.807) is 0 Å². The molecule has 4 heteroatoms. The van der Waals surface area contributed by atoms with Gasteiger partial charge in [0.25, 0.3) is 0 Å². The predicted molar refractivity (Wildman–Crippen MR) is 57.1 cm³/mol. The Bertz CT molecular complexity index is 450. The van der Waals surface area contributed by atoms with Gasteiger partial charge < -0.3 is 0 Å². The lowest BCUT2D eigenvalue weighted by Crippen LogP contribution is -1.83. The molecule has 2 rings (SSSR count). The maximum absolute atomic E-state index is 10.8. The second-order valence-electron chi connectivity index (χ2n) is 2.78. The molecular formula is C10H7BrN2O. The number of rotatable bonds is 2. The van der Waals surface area contributed by atoms with E-state index in [2.05, 4.69) is 26.1 Å². The van der Waals surface area contributed by atoms with Crippen LogP contribution in [0.1, 0.15) is 10.4 Å². The van der Waals surface area contributed by atoms with Crippen LogP contribution in [-0.2, 0) is 0 Å². The third-order valence-corrected chi connectivity index (χ3v) is 2.53. The third kappa shape index (κ3) is 1.48. The molecule has 0 aliphatic rings. The number of aldehydes is 1. The average Bonchev–Trinajstić information content (AvgIpc) is 2.61. The molecule has 1 aromatic heterocycles. The van der Waals surface area contributed by atoms with Crippen LogP contribution in [0.25, 0.3) is 11.3 Å². The van der Waals surface area contributed by atoms with Crippen LogP contribution >= 0.6 is 15.9 Å². The summed E-state index contributed by atoms with van der Waals surface area (Å²) in [7, 11) is 0. The van der Waals surface area contributed by atoms with Crippen molar-refractivity contribution < 1.29 is 4.79 Å². The van der Waals surface area contributed by atoms with Gasteiger partial charge in [-0.3, -0.25) is 9.89 Å². The normalized spacial score (nSPS) is 10.1. The van der Waals surface area contributed by atoms with E-state index in [0.717, 1.165) is 11.8 Å². The number of carbonyl (C=O) groups is 1. The predicted octanol–water partition coefficient (Wildman–Crippen LogP) is 2.65. The van der Waals surface area contributed by atoms with E-state index in [9.17, 15) is 4.79 Å². The van der Waals surface area contributed by atoms with Gasteiger partial charge in [0.15, 0.2) is 6.29 Å². The van der Waals surface area contributed by atoms with E-state index in [0.29, 0.717) is 15.9 Å². The molecule has 3 nitrogen and oxygen atoms in total. The molecule has 1 aromatic carbocycles. The summed E-state index contributed by atoms with van der Waals surface area (Å²) in [6.45, 7) is 0. The summed E-state index contributed by atoms with van der Waals surface area (Å²) >= 11 is 3.23. The number of aromatic nitrogens is 2. The molecule has 0 unspecified atom stereocenters. The van der Waals surface area contributed by atoms with Crippen molar-refractivity contribution in [2.24, 2.45) is 0 Å². The fraction of sp³-hybridized carbons (Fsp3) is 0. The maximum atomic E-state index is 10.8. The van der Waals surface area contributed by atoms with Crippen molar-refractivity contribution in [1.29, 1.82) is 0 Å². The summed E-state index contributed by atoms with van der Waals surface area (Å²) in [5, 5.41) is 6.78. The van der Waals surface area contributed by atoms with Gasteiger partial charge in [-0.1, -0.05) is 30.3 Å². The van der Waals surface area contributed by atoms with E-state index in [1.165, 1.54) is 0 Å². The highest BCUT2D eigenvalue weighted by atomic mass is 79.9. The Morgan fingerprint density at radius 2 is 2.00 bits per heavy atom. The summed E-state index contributed by atoms with van der Waals surface area (Å²) in [4.78, 5) is 10.8. The minimum absolute atomic E-state index is 0.552. The monoisotopic (exact) mass is 250 g/mol. The molecule has 0 aliphatic carbocycles. The lowest BCUT2D eigenvalue weighted by Gasteiger charge is -1.95. The number of hydrogen-bond donors (Lipinski definition) is 1. The van der Waals surface area contributed by atoms with Gasteiger partial charge in [0.2, 0.25) is 0 Å². The molecule has 0 saturated heterocycles. The molecule has 0 spiro atoms. The quantitative estimate of drug-likeness (QED) is 0.834. The van der Waals surface area contributed by atoms with Gasteiger partial charge in [-0.15, -0.1) is 0 Å². The Kier molecular flexibility index (Phi) is 2.45. The number of aromatic amines is 1. The molecular weight excluding hydrogens is 244 g/mol. The lowest BCUT2D eigenvalue weighted by molar-refractivity contribution is 0.112. The smallest absolute Gasteiger partial charge is 0.155 e. The van der Waals surface area contributed by atoms with E-state index in [1.807, 2.05) is 30.3 Å². The van der Waals surface area contributed by atoms with Crippen LogP contribution in [0, 0.1) is 0 Å². The van der Waals surface area contributed by atoms with Crippen LogP contribution in [0.4, 0.5) is 0 Å². The standard InChI is InChI=1S/C10H7BrN2O/c11-10-8(6-14)9(12-13-10)7-4-2-1-3-5-7/h1-6H,(H,12,13). The van der Waals surface area contributed by atoms with Crippen LogP contribution in [-0.4, -0.2) is 16.5 Å². The first-order chi connectivity index (χ1) is 6.83. The number of hydrogen-bond acceptors (Lipinski definition) is 2. The van der Waals surface area contributed by atoms with Gasteiger partial charge in [0, 0.05) is 5.56 Å². The van der Waals surface area contributed by atoms with Gasteiger partial charge >= 0.3 is 0 Å². The molecule has 0 amide bonds. The third-order valence-electron chi connectivity index (χ3n) is 1.92. The minimum atomic E-state index is 0.552. The first kappa shape index (κ1) is 9.15. The highest BCUT2D eigenvalue weighted by molar-refractivity contribution is 9.10. The average molecular weight is 251 g/mol. The summed E-state index contributed by atoms with van der Waals surface area (Å²) < 4.78 is 0.617. The molecule has 0 bridgehead atoms. The largest absolute Gasteiger partial charge is 0.298 e. The zero-order valence-electron chi connectivity index (χ0n) is 7.20. The van der Waals surface area contributed by atoms with E-state index < -0.39 is 0 Å². The molecule has 1 heterocycles. The van der Waals surface area contributed by atoms with Crippen molar-refractivity contribution in [2.45, 2.75) is 0 Å². The Morgan fingerprint density at radius 3 is 2.64 bits per heavy atom. The molecule has 0 atom stereocenters. The van der Waals surface area contributed by atoms with Gasteiger partial charge in [0.1, 0.15) is 10.3 Å². The minimum Gasteiger partial charge on any atom is -0.298 e. The Hall–Kier alpha value is -1.42. The number of nitrogens with one attached hydrogen (secondary N) is 1. The molecule has 1 N–H and O–H groups in total. The second kappa shape index (κ2) is 3.75. The van der Waals surface area contributed by atoms with Gasteiger partial charge in [-0.2, -0.15) is 5.10 Å². The molecule has 0 aliphatic heterocycles. The lowest BCUT2D eigenvalue weighted by atomic mass is 10.1. The van der Waals surface area contributed by atoms with E-state index >= 15 is 0 Å². The summed E-state index contributed by atoms with van der Waals surface area (Å²) in [5.41, 5.74) is 2.15. The zero-order valence-corrected chi connectivity index (χ0v) is 8.78. The summed E-state index contributed by atoms with van der Waals surface area (Å²) in [6, 6.07) is 9.57. The number of carbonyl (C=O) groups excluding carboxylic acids is 1. The van der Waals surface area contributed by atoms with Crippen molar-refractivity contribution in [3.63, 3.8) is 0 Å². The van der Waals surface area contributed by atoms with E-state index in [-0.39, 0.29) is 0 Å². The van der Waals surface area contributed by atoms with Crippen molar-refractivity contribution in [3.8, 4) is 11.3 Å². The first-order valence-electron chi connectivity index (χ1n) is 4.07. The maximum Gasteiger partial charge on any atom is 0.155 e. The highest BCUT2D eigenvalue weighted by Gasteiger charge is 2.11. The Labute approximate surface area is 89.3 Å². The Morgan fingerprint density at radius 1 is 1.29 bits per heavy atom. The van der Waals surface area contributed by atoms with Crippen molar-refractivity contribution in [3.05, 3.63) is 40.5 Å². The van der Waals surface area contributed by atoms with Crippen molar-refractivity contribution in [1.82, 2.24) is 10.2 Å². The highest BCUT2D eigenvalue weighted by Crippen LogP contribution is 2.24. The molecule has 0 saturated carbocycles. The van der Waals surface area contributed by atoms with Gasteiger partial charge in [0.05, 0.1) is 5.56 Å². The first-order valence-corrected chi connectivity index (χ1v) is 4.86. The van der Waals surface area contributed by atoms with Gasteiger partial charge in [-0.05, 0) is 15.9 Å². The fourth-order valence-electron chi connectivity index (χ4n) is 1.25. The number of benzene rings is 1. The van der Waals surface area contributed by atoms with Crippen LogP contribution in [0.3, 0.4) is 0 Å². The number of H-pyrrole nitrogens is 1. The molecule has 2 aromatic rings.